The normalized spacial score (nSPS) is 12.4. The lowest BCUT2D eigenvalue weighted by Gasteiger charge is -2.21. The summed E-state index contributed by atoms with van der Waals surface area (Å²) in [7, 11) is 0. The van der Waals surface area contributed by atoms with Gasteiger partial charge in [-0.25, -0.2) is 4.79 Å². The van der Waals surface area contributed by atoms with Gasteiger partial charge in [-0.1, -0.05) is 121 Å². The van der Waals surface area contributed by atoms with Gasteiger partial charge in [0.25, 0.3) is 0 Å². The Kier molecular flexibility index (Phi) is 17.9. The standard InChI is InChI=1S/C41H56O5/c1-4-7-9-11-12-13-14-16-18-40(46-39(42)6-3)44-37-29-23-34(24-30-37)19-20-35-25-31-38(32-26-35)45-41(43)36-27-21-33(22-28-36)17-15-10-8-5-2/h6,21-32,39-40,42H,3-5,7-20H2,1-2H3. The van der Waals surface area contributed by atoms with Crippen LogP contribution in [0.5, 0.6) is 11.5 Å². The number of rotatable bonds is 24. The van der Waals surface area contributed by atoms with Crippen molar-refractivity contribution in [3.8, 4) is 11.5 Å². The third kappa shape index (κ3) is 14.8. The topological polar surface area (TPSA) is 65.0 Å². The van der Waals surface area contributed by atoms with Crippen molar-refractivity contribution in [3.05, 3.63) is 108 Å². The minimum Gasteiger partial charge on any atom is -0.465 e. The average Bonchev–Trinajstić information content (AvgIpc) is 3.08. The Morgan fingerprint density at radius 3 is 1.70 bits per heavy atom. The zero-order chi connectivity index (χ0) is 32.8. The SMILES string of the molecule is C=CC(O)OC(CCCCCCCCCC)Oc1ccc(CCc2ccc(OC(=O)c3ccc(CCCCCC)cc3)cc2)cc1. The summed E-state index contributed by atoms with van der Waals surface area (Å²) in [6.07, 6.45) is 18.1. The Morgan fingerprint density at radius 1 is 0.652 bits per heavy atom. The first-order chi connectivity index (χ1) is 22.5. The molecule has 0 aliphatic carbocycles. The Balaban J connectivity index is 1.41. The summed E-state index contributed by atoms with van der Waals surface area (Å²) in [5, 5.41) is 9.97. The van der Waals surface area contributed by atoms with E-state index in [2.05, 4.69) is 32.6 Å². The number of aliphatic hydroxyl groups is 1. The number of hydrogen-bond donors (Lipinski definition) is 1. The van der Waals surface area contributed by atoms with Crippen molar-refractivity contribution in [1.82, 2.24) is 0 Å². The van der Waals surface area contributed by atoms with E-state index in [0.29, 0.717) is 11.3 Å². The Hall–Kier alpha value is -3.41. The Bertz CT molecular complexity index is 1230. The van der Waals surface area contributed by atoms with Gasteiger partial charge in [-0.2, -0.15) is 0 Å². The summed E-state index contributed by atoms with van der Waals surface area (Å²) in [5.41, 5.74) is 4.19. The van der Waals surface area contributed by atoms with E-state index in [1.165, 1.54) is 87.0 Å². The lowest BCUT2D eigenvalue weighted by molar-refractivity contribution is -0.177. The molecule has 3 aromatic rings. The van der Waals surface area contributed by atoms with E-state index in [1.807, 2.05) is 60.7 Å². The van der Waals surface area contributed by atoms with Crippen molar-refractivity contribution in [2.75, 3.05) is 0 Å². The van der Waals surface area contributed by atoms with Crippen molar-refractivity contribution >= 4 is 5.97 Å². The number of hydrogen-bond acceptors (Lipinski definition) is 5. The smallest absolute Gasteiger partial charge is 0.343 e. The fourth-order valence-corrected chi connectivity index (χ4v) is 5.44. The minimum absolute atomic E-state index is 0.336. The van der Waals surface area contributed by atoms with E-state index < -0.39 is 12.6 Å². The molecule has 250 valence electrons. The molecule has 0 saturated heterocycles. The fourth-order valence-electron chi connectivity index (χ4n) is 5.44. The van der Waals surface area contributed by atoms with Crippen molar-refractivity contribution in [3.63, 3.8) is 0 Å². The number of carbonyl (C=O) groups excluding carboxylic acids is 1. The van der Waals surface area contributed by atoms with Crippen LogP contribution in [0.4, 0.5) is 0 Å². The zero-order valence-electron chi connectivity index (χ0n) is 28.3. The molecule has 2 unspecified atom stereocenters. The van der Waals surface area contributed by atoms with Crippen LogP contribution in [0.3, 0.4) is 0 Å². The van der Waals surface area contributed by atoms with Gasteiger partial charge in [0.15, 0.2) is 6.29 Å². The lowest BCUT2D eigenvalue weighted by atomic mass is 10.0. The summed E-state index contributed by atoms with van der Waals surface area (Å²) in [4.78, 5) is 12.6. The van der Waals surface area contributed by atoms with Crippen LogP contribution in [0.2, 0.25) is 0 Å². The molecule has 0 amide bonds. The van der Waals surface area contributed by atoms with Crippen LogP contribution < -0.4 is 9.47 Å². The van der Waals surface area contributed by atoms with E-state index in [1.54, 1.807) is 0 Å². The second-order valence-electron chi connectivity index (χ2n) is 12.3. The summed E-state index contributed by atoms with van der Waals surface area (Å²) in [6, 6.07) is 23.6. The van der Waals surface area contributed by atoms with Crippen molar-refractivity contribution in [2.24, 2.45) is 0 Å². The molecule has 0 aliphatic heterocycles. The van der Waals surface area contributed by atoms with Gasteiger partial charge in [0, 0.05) is 6.42 Å². The highest BCUT2D eigenvalue weighted by atomic mass is 16.7. The van der Waals surface area contributed by atoms with Crippen LogP contribution in [-0.4, -0.2) is 23.7 Å². The second kappa shape index (κ2) is 22.2. The number of aryl methyl sites for hydroxylation is 3. The van der Waals surface area contributed by atoms with Gasteiger partial charge in [-0.3, -0.25) is 0 Å². The van der Waals surface area contributed by atoms with Crippen LogP contribution in [-0.2, 0) is 24.0 Å². The summed E-state index contributed by atoms with van der Waals surface area (Å²) in [6.45, 7) is 8.07. The molecule has 3 rings (SSSR count). The highest BCUT2D eigenvalue weighted by Crippen LogP contribution is 2.21. The molecular formula is C41H56O5. The first kappa shape index (κ1) is 37.1. The molecular weight excluding hydrogens is 572 g/mol. The molecule has 0 aliphatic rings. The van der Waals surface area contributed by atoms with Crippen molar-refractivity contribution < 1.29 is 24.1 Å². The Labute approximate surface area is 278 Å². The van der Waals surface area contributed by atoms with Gasteiger partial charge in [0.1, 0.15) is 11.5 Å². The van der Waals surface area contributed by atoms with Gasteiger partial charge in [-0.05, 0) is 91.3 Å². The molecule has 5 nitrogen and oxygen atoms in total. The summed E-state index contributed by atoms with van der Waals surface area (Å²) in [5.74, 6) is 0.929. The molecule has 0 bridgehead atoms. The maximum absolute atomic E-state index is 12.6. The molecule has 0 aromatic heterocycles. The highest BCUT2D eigenvalue weighted by Gasteiger charge is 2.15. The number of unbranched alkanes of at least 4 members (excludes halogenated alkanes) is 10. The predicted molar refractivity (Wildman–Crippen MR) is 188 cm³/mol. The van der Waals surface area contributed by atoms with Crippen LogP contribution in [0.25, 0.3) is 0 Å². The first-order valence-electron chi connectivity index (χ1n) is 17.6. The van der Waals surface area contributed by atoms with Crippen LogP contribution >= 0.6 is 0 Å². The van der Waals surface area contributed by atoms with E-state index in [0.717, 1.165) is 44.3 Å². The van der Waals surface area contributed by atoms with Gasteiger partial charge in [0.2, 0.25) is 6.29 Å². The number of esters is 1. The maximum atomic E-state index is 12.6. The molecule has 0 fully saturated rings. The zero-order valence-corrected chi connectivity index (χ0v) is 28.3. The third-order valence-electron chi connectivity index (χ3n) is 8.32. The van der Waals surface area contributed by atoms with Crippen LogP contribution in [0.15, 0.2) is 85.5 Å². The van der Waals surface area contributed by atoms with Crippen molar-refractivity contribution in [1.29, 1.82) is 0 Å². The van der Waals surface area contributed by atoms with Gasteiger partial charge < -0.3 is 19.3 Å². The predicted octanol–water partition coefficient (Wildman–Crippen LogP) is 10.6. The quantitative estimate of drug-likeness (QED) is 0.0351. The average molecular weight is 629 g/mol. The Morgan fingerprint density at radius 2 is 1.13 bits per heavy atom. The first-order valence-corrected chi connectivity index (χ1v) is 17.6. The van der Waals surface area contributed by atoms with E-state index >= 15 is 0 Å². The van der Waals surface area contributed by atoms with E-state index in [-0.39, 0.29) is 5.97 Å². The number of carbonyl (C=O) groups is 1. The molecule has 2 atom stereocenters. The van der Waals surface area contributed by atoms with E-state index in [9.17, 15) is 9.90 Å². The summed E-state index contributed by atoms with van der Waals surface area (Å²) < 4.78 is 17.4. The monoisotopic (exact) mass is 628 g/mol. The van der Waals surface area contributed by atoms with Crippen LogP contribution in [0.1, 0.15) is 124 Å². The van der Waals surface area contributed by atoms with Crippen molar-refractivity contribution in [2.45, 2.75) is 129 Å². The van der Waals surface area contributed by atoms with E-state index in [4.69, 9.17) is 14.2 Å². The number of ether oxygens (including phenoxy) is 3. The molecule has 0 saturated carbocycles. The molecule has 5 heteroatoms. The molecule has 0 radical (unpaired) electrons. The fraction of sp³-hybridized carbons (Fsp3) is 0.488. The highest BCUT2D eigenvalue weighted by molar-refractivity contribution is 5.91. The van der Waals surface area contributed by atoms with Gasteiger partial charge in [-0.15, -0.1) is 0 Å². The molecule has 0 heterocycles. The van der Waals surface area contributed by atoms with Gasteiger partial charge >= 0.3 is 5.97 Å². The summed E-state index contributed by atoms with van der Waals surface area (Å²) >= 11 is 0. The molecule has 1 N–H and O–H groups in total. The largest absolute Gasteiger partial charge is 0.465 e. The van der Waals surface area contributed by atoms with Gasteiger partial charge in [0.05, 0.1) is 5.56 Å². The molecule has 0 spiro atoms. The number of benzene rings is 3. The maximum Gasteiger partial charge on any atom is 0.343 e. The minimum atomic E-state index is -1.05. The molecule has 3 aromatic carbocycles. The molecule has 46 heavy (non-hydrogen) atoms. The van der Waals surface area contributed by atoms with Crippen LogP contribution in [0, 0.1) is 0 Å². The number of aliphatic hydroxyl groups excluding tert-OH is 1. The third-order valence-corrected chi connectivity index (χ3v) is 8.32. The second-order valence-corrected chi connectivity index (χ2v) is 12.3. The lowest BCUT2D eigenvalue weighted by Crippen LogP contribution is -2.26.